The summed E-state index contributed by atoms with van der Waals surface area (Å²) in [6.45, 7) is 5.19. The van der Waals surface area contributed by atoms with Gasteiger partial charge >= 0.3 is 5.97 Å². The van der Waals surface area contributed by atoms with Gasteiger partial charge in [0.2, 0.25) is 5.88 Å². The van der Waals surface area contributed by atoms with E-state index in [0.717, 1.165) is 36.1 Å². The SMILES string of the molecule is CCCCCOc1ccc(C2C(C#N)=C(N)Oc3cc(OC(=O)c4cccc(OCC)c4)ccc32)cc1. The first-order chi connectivity index (χ1) is 18.0. The molecule has 7 heteroatoms. The van der Waals surface area contributed by atoms with E-state index in [9.17, 15) is 10.1 Å². The molecule has 0 amide bonds. The third-order valence-corrected chi connectivity index (χ3v) is 6.01. The third-order valence-electron chi connectivity index (χ3n) is 6.01. The maximum Gasteiger partial charge on any atom is 0.343 e. The highest BCUT2D eigenvalue weighted by atomic mass is 16.5. The Balaban J connectivity index is 1.56. The summed E-state index contributed by atoms with van der Waals surface area (Å²) in [4.78, 5) is 12.7. The van der Waals surface area contributed by atoms with Gasteiger partial charge in [0.25, 0.3) is 0 Å². The summed E-state index contributed by atoms with van der Waals surface area (Å²) in [6, 6.07) is 21.7. The Bertz CT molecular complexity index is 1320. The van der Waals surface area contributed by atoms with Crippen molar-refractivity contribution in [3.8, 4) is 29.1 Å². The van der Waals surface area contributed by atoms with Gasteiger partial charge in [0, 0.05) is 11.6 Å². The standard InChI is InChI=1S/C30H30N2O5/c1-3-5-6-16-35-22-12-10-20(11-13-22)28-25-15-14-24(18-27(25)37-29(32)26(28)19-31)36-30(33)21-8-7-9-23(17-21)34-4-2/h7-15,17-18,28H,3-6,16,32H2,1-2H3. The fourth-order valence-electron chi connectivity index (χ4n) is 4.19. The summed E-state index contributed by atoms with van der Waals surface area (Å²) >= 11 is 0. The number of hydrogen-bond acceptors (Lipinski definition) is 7. The monoisotopic (exact) mass is 498 g/mol. The number of nitriles is 1. The van der Waals surface area contributed by atoms with Crippen LogP contribution in [0.15, 0.2) is 78.2 Å². The molecule has 1 aliphatic heterocycles. The molecule has 190 valence electrons. The van der Waals surface area contributed by atoms with E-state index in [2.05, 4.69) is 13.0 Å². The van der Waals surface area contributed by atoms with Gasteiger partial charge in [-0.3, -0.25) is 0 Å². The Morgan fingerprint density at radius 3 is 2.49 bits per heavy atom. The van der Waals surface area contributed by atoms with Crippen molar-refractivity contribution in [2.45, 2.75) is 39.0 Å². The molecule has 1 unspecified atom stereocenters. The van der Waals surface area contributed by atoms with Crippen LogP contribution in [0.1, 0.15) is 60.5 Å². The van der Waals surface area contributed by atoms with Gasteiger partial charge in [-0.2, -0.15) is 5.26 Å². The average molecular weight is 499 g/mol. The van der Waals surface area contributed by atoms with Crippen molar-refractivity contribution < 1.29 is 23.7 Å². The molecule has 0 aliphatic carbocycles. The van der Waals surface area contributed by atoms with Crippen molar-refractivity contribution in [3.05, 3.63) is 94.9 Å². The summed E-state index contributed by atoms with van der Waals surface area (Å²) in [6.07, 6.45) is 3.27. The first-order valence-electron chi connectivity index (χ1n) is 12.4. The number of allylic oxidation sites excluding steroid dienone is 1. The summed E-state index contributed by atoms with van der Waals surface area (Å²) < 4.78 is 22.6. The highest BCUT2D eigenvalue weighted by Crippen LogP contribution is 2.43. The predicted octanol–water partition coefficient (Wildman–Crippen LogP) is 6.09. The lowest BCUT2D eigenvalue weighted by Gasteiger charge is -2.26. The van der Waals surface area contributed by atoms with Gasteiger partial charge in [-0.05, 0) is 55.3 Å². The second-order valence-corrected chi connectivity index (χ2v) is 8.60. The minimum Gasteiger partial charge on any atom is -0.494 e. The minimum absolute atomic E-state index is 0.0211. The van der Waals surface area contributed by atoms with Crippen molar-refractivity contribution in [3.63, 3.8) is 0 Å². The molecular weight excluding hydrogens is 468 g/mol. The van der Waals surface area contributed by atoms with E-state index in [1.807, 2.05) is 31.2 Å². The van der Waals surface area contributed by atoms with E-state index in [0.29, 0.717) is 41.6 Å². The Morgan fingerprint density at radius 1 is 0.973 bits per heavy atom. The van der Waals surface area contributed by atoms with Crippen LogP contribution in [0.25, 0.3) is 0 Å². The number of esters is 1. The first-order valence-corrected chi connectivity index (χ1v) is 12.4. The molecule has 7 nitrogen and oxygen atoms in total. The van der Waals surface area contributed by atoms with Crippen molar-refractivity contribution in [2.75, 3.05) is 13.2 Å². The van der Waals surface area contributed by atoms with Crippen molar-refractivity contribution >= 4 is 5.97 Å². The molecule has 0 saturated carbocycles. The number of nitrogens with zero attached hydrogens (tertiary/aromatic N) is 1. The Hall–Kier alpha value is -4.44. The number of benzene rings is 3. The van der Waals surface area contributed by atoms with Crippen LogP contribution in [0.5, 0.6) is 23.0 Å². The second-order valence-electron chi connectivity index (χ2n) is 8.60. The number of ether oxygens (including phenoxy) is 4. The summed E-state index contributed by atoms with van der Waals surface area (Å²) in [5.74, 6) is 1.17. The van der Waals surface area contributed by atoms with Crippen molar-refractivity contribution in [1.29, 1.82) is 5.26 Å². The largest absolute Gasteiger partial charge is 0.494 e. The Labute approximate surface area is 217 Å². The number of fused-ring (bicyclic) bond motifs is 1. The molecule has 0 bridgehead atoms. The lowest BCUT2D eigenvalue weighted by atomic mass is 9.83. The van der Waals surface area contributed by atoms with Crippen LogP contribution in [0.2, 0.25) is 0 Å². The number of unbranched alkanes of at least 4 members (excludes halogenated alkanes) is 2. The topological polar surface area (TPSA) is 104 Å². The summed E-state index contributed by atoms with van der Waals surface area (Å²) in [5.41, 5.74) is 8.45. The van der Waals surface area contributed by atoms with E-state index in [1.165, 1.54) is 0 Å². The van der Waals surface area contributed by atoms with Crippen molar-refractivity contribution in [1.82, 2.24) is 0 Å². The molecule has 4 rings (SSSR count). The molecule has 1 heterocycles. The van der Waals surface area contributed by atoms with Crippen LogP contribution >= 0.6 is 0 Å². The highest BCUT2D eigenvalue weighted by molar-refractivity contribution is 5.91. The zero-order valence-corrected chi connectivity index (χ0v) is 21.0. The van der Waals surface area contributed by atoms with Gasteiger partial charge in [-0.15, -0.1) is 0 Å². The summed E-state index contributed by atoms with van der Waals surface area (Å²) in [5, 5.41) is 9.83. The molecule has 0 spiro atoms. The molecule has 0 aromatic heterocycles. The van der Waals surface area contributed by atoms with Crippen LogP contribution in [0, 0.1) is 11.3 Å². The third kappa shape index (κ3) is 6.04. The average Bonchev–Trinajstić information content (AvgIpc) is 2.91. The van der Waals surface area contributed by atoms with Gasteiger partial charge in [-0.25, -0.2) is 4.79 Å². The molecule has 1 atom stereocenters. The van der Waals surface area contributed by atoms with Gasteiger partial charge in [-0.1, -0.05) is 44.0 Å². The highest BCUT2D eigenvalue weighted by Gasteiger charge is 2.31. The molecule has 3 aromatic rings. The van der Waals surface area contributed by atoms with Gasteiger partial charge in [0.1, 0.15) is 34.6 Å². The molecular formula is C30H30N2O5. The number of carbonyl (C=O) groups is 1. The quantitative estimate of drug-likeness (QED) is 0.205. The molecule has 1 aliphatic rings. The smallest absolute Gasteiger partial charge is 0.343 e. The normalized spacial score (nSPS) is 14.2. The van der Waals surface area contributed by atoms with Gasteiger partial charge in [0.15, 0.2) is 0 Å². The first kappa shape index (κ1) is 25.6. The van der Waals surface area contributed by atoms with E-state index in [1.54, 1.807) is 42.5 Å². The molecule has 0 saturated heterocycles. The fraction of sp³-hybridized carbons (Fsp3) is 0.267. The zero-order valence-electron chi connectivity index (χ0n) is 21.0. The Morgan fingerprint density at radius 2 is 1.76 bits per heavy atom. The minimum atomic E-state index is -0.524. The number of rotatable bonds is 10. The molecule has 0 fully saturated rings. The molecule has 2 N–H and O–H groups in total. The number of nitrogens with two attached hydrogens (primary N) is 1. The van der Waals surface area contributed by atoms with Crippen LogP contribution in [0.4, 0.5) is 0 Å². The van der Waals surface area contributed by atoms with Crippen LogP contribution in [-0.2, 0) is 0 Å². The molecule has 3 aromatic carbocycles. The lowest BCUT2D eigenvalue weighted by molar-refractivity contribution is 0.0734. The van der Waals surface area contributed by atoms with E-state index in [4.69, 9.17) is 24.7 Å². The van der Waals surface area contributed by atoms with Crippen molar-refractivity contribution in [2.24, 2.45) is 5.73 Å². The number of hydrogen-bond donors (Lipinski definition) is 1. The number of carbonyl (C=O) groups excluding carboxylic acids is 1. The Kier molecular flexibility index (Phi) is 8.32. The second kappa shape index (κ2) is 12.0. The van der Waals surface area contributed by atoms with E-state index < -0.39 is 11.9 Å². The van der Waals surface area contributed by atoms with Gasteiger partial charge < -0.3 is 24.7 Å². The molecule has 37 heavy (non-hydrogen) atoms. The zero-order chi connectivity index (χ0) is 26.2. The molecule has 0 radical (unpaired) electrons. The van der Waals surface area contributed by atoms with E-state index >= 15 is 0 Å². The van der Waals surface area contributed by atoms with Gasteiger partial charge in [0.05, 0.1) is 24.7 Å². The van der Waals surface area contributed by atoms with Crippen LogP contribution in [-0.4, -0.2) is 19.2 Å². The maximum absolute atomic E-state index is 12.7. The fourth-order valence-corrected chi connectivity index (χ4v) is 4.19. The lowest BCUT2D eigenvalue weighted by Crippen LogP contribution is -2.21. The predicted molar refractivity (Wildman–Crippen MR) is 140 cm³/mol. The van der Waals surface area contributed by atoms with Crippen LogP contribution in [0.3, 0.4) is 0 Å². The van der Waals surface area contributed by atoms with Crippen LogP contribution < -0.4 is 24.7 Å². The van der Waals surface area contributed by atoms with E-state index in [-0.39, 0.29) is 5.88 Å². The summed E-state index contributed by atoms with van der Waals surface area (Å²) in [7, 11) is 0. The maximum atomic E-state index is 12.7.